The van der Waals surface area contributed by atoms with E-state index < -0.39 is 0 Å². The fourth-order valence-corrected chi connectivity index (χ4v) is 11.3. The van der Waals surface area contributed by atoms with E-state index in [2.05, 4.69) is 60.0 Å². The van der Waals surface area contributed by atoms with Crippen molar-refractivity contribution in [3.63, 3.8) is 0 Å². The Kier molecular flexibility index (Phi) is 4.95. The third-order valence-corrected chi connectivity index (χ3v) is 13.3. The molecule has 0 N–H and O–H groups in total. The zero-order valence-electron chi connectivity index (χ0n) is 15.0. The van der Waals surface area contributed by atoms with Crippen molar-refractivity contribution in [2.75, 3.05) is 23.0 Å². The summed E-state index contributed by atoms with van der Waals surface area (Å²) in [6, 6.07) is 0. The van der Waals surface area contributed by atoms with Crippen LogP contribution in [0.2, 0.25) is 0 Å². The standard InChI is InChI=1S/C19H28O2S4/c1-17-8-9-19(24-12-3-13-25-19)16(21-17)20-15(17)14-4-6-18(7-5-14)22-10-2-11-23-18/h4,15-16H,2-3,5-13H2,1H3/t15-,16+,17-/m1/s1. The molecule has 4 heterocycles. The molecule has 0 aromatic heterocycles. The maximum atomic E-state index is 6.65. The average molecular weight is 417 g/mol. The Labute approximate surface area is 168 Å². The number of thioether (sulfide) groups is 4. The van der Waals surface area contributed by atoms with Gasteiger partial charge in [-0.2, -0.15) is 0 Å². The minimum absolute atomic E-state index is 0.0123. The molecule has 2 bridgehead atoms. The Morgan fingerprint density at radius 1 is 0.960 bits per heavy atom. The molecule has 25 heavy (non-hydrogen) atoms. The fourth-order valence-electron chi connectivity index (χ4n) is 4.82. The first-order chi connectivity index (χ1) is 12.1. The minimum atomic E-state index is -0.0995. The second-order valence-corrected chi connectivity index (χ2v) is 14.4. The van der Waals surface area contributed by atoms with Gasteiger partial charge in [0.05, 0.1) is 9.68 Å². The second-order valence-electron chi connectivity index (χ2n) is 8.09. The quantitative estimate of drug-likeness (QED) is 0.520. The molecule has 0 radical (unpaired) electrons. The molecule has 3 atom stereocenters. The number of hydrogen-bond donors (Lipinski definition) is 0. The molecule has 6 heteroatoms. The zero-order chi connectivity index (χ0) is 17.0. The van der Waals surface area contributed by atoms with Gasteiger partial charge in [-0.15, -0.1) is 47.0 Å². The van der Waals surface area contributed by atoms with Crippen LogP contribution in [0.25, 0.3) is 0 Å². The largest absolute Gasteiger partial charge is 0.341 e. The topological polar surface area (TPSA) is 18.5 Å². The zero-order valence-corrected chi connectivity index (χ0v) is 18.2. The predicted octanol–water partition coefficient (Wildman–Crippen LogP) is 5.52. The SMILES string of the molecule is C[C@@]12CCC3(SCCCS3)[C@@H](O[C@@H]1C1=CCC3(CC1)SCCCS3)O2. The maximum absolute atomic E-state index is 6.65. The van der Waals surface area contributed by atoms with Gasteiger partial charge in [0.1, 0.15) is 10.2 Å². The highest BCUT2D eigenvalue weighted by atomic mass is 32.2. The van der Waals surface area contributed by atoms with E-state index in [0.717, 1.165) is 6.42 Å². The summed E-state index contributed by atoms with van der Waals surface area (Å²) in [6.45, 7) is 2.30. The molecule has 4 fully saturated rings. The van der Waals surface area contributed by atoms with Gasteiger partial charge in [0.15, 0.2) is 6.29 Å². The van der Waals surface area contributed by atoms with Gasteiger partial charge in [0, 0.05) is 0 Å². The van der Waals surface area contributed by atoms with Gasteiger partial charge in [-0.1, -0.05) is 6.08 Å². The molecule has 140 valence electrons. The Balaban J connectivity index is 1.33. The summed E-state index contributed by atoms with van der Waals surface area (Å²) in [5.74, 6) is 5.21. The van der Waals surface area contributed by atoms with E-state index in [4.69, 9.17) is 9.47 Å². The van der Waals surface area contributed by atoms with E-state index in [1.165, 1.54) is 67.1 Å². The summed E-state index contributed by atoms with van der Waals surface area (Å²) in [5.41, 5.74) is 1.43. The first-order valence-electron chi connectivity index (χ1n) is 9.71. The van der Waals surface area contributed by atoms with Crippen molar-refractivity contribution in [1.82, 2.24) is 0 Å². The van der Waals surface area contributed by atoms with E-state index in [-0.39, 0.29) is 22.1 Å². The molecular weight excluding hydrogens is 388 g/mol. The summed E-state index contributed by atoms with van der Waals surface area (Å²) in [7, 11) is 0. The van der Waals surface area contributed by atoms with Crippen molar-refractivity contribution in [3.8, 4) is 0 Å². The smallest absolute Gasteiger partial charge is 0.182 e. The number of allylic oxidation sites excluding steroid dienone is 1. The Bertz CT molecular complexity index is 554. The molecule has 0 amide bonds. The molecule has 4 saturated heterocycles. The number of fused-ring (bicyclic) bond motifs is 3. The number of hydrogen-bond acceptors (Lipinski definition) is 6. The van der Waals surface area contributed by atoms with Crippen molar-refractivity contribution in [1.29, 1.82) is 0 Å². The summed E-state index contributed by atoms with van der Waals surface area (Å²) in [6.07, 6.45) is 11.5. The van der Waals surface area contributed by atoms with Gasteiger partial charge in [-0.25, -0.2) is 0 Å². The van der Waals surface area contributed by atoms with Crippen LogP contribution in [-0.4, -0.2) is 49.2 Å². The minimum Gasteiger partial charge on any atom is -0.341 e. The van der Waals surface area contributed by atoms with Crippen LogP contribution < -0.4 is 0 Å². The second kappa shape index (κ2) is 6.84. The van der Waals surface area contributed by atoms with Gasteiger partial charge >= 0.3 is 0 Å². The fraction of sp³-hybridized carbons (Fsp3) is 0.895. The molecule has 2 spiro atoms. The van der Waals surface area contributed by atoms with Crippen molar-refractivity contribution >= 4 is 47.0 Å². The molecule has 5 aliphatic rings. The van der Waals surface area contributed by atoms with Crippen LogP contribution in [0.5, 0.6) is 0 Å². The first kappa shape index (κ1) is 18.1. The lowest BCUT2D eigenvalue weighted by Crippen LogP contribution is -2.47. The predicted molar refractivity (Wildman–Crippen MR) is 114 cm³/mol. The summed E-state index contributed by atoms with van der Waals surface area (Å²) < 4.78 is 13.8. The number of ether oxygens (including phenoxy) is 2. The monoisotopic (exact) mass is 416 g/mol. The van der Waals surface area contributed by atoms with E-state index in [9.17, 15) is 0 Å². The van der Waals surface area contributed by atoms with Gasteiger partial charge in [0.2, 0.25) is 0 Å². The van der Waals surface area contributed by atoms with Crippen molar-refractivity contribution in [2.24, 2.45) is 0 Å². The van der Waals surface area contributed by atoms with Crippen LogP contribution >= 0.6 is 47.0 Å². The van der Waals surface area contributed by atoms with E-state index >= 15 is 0 Å². The third-order valence-electron chi connectivity index (χ3n) is 6.33. The summed E-state index contributed by atoms with van der Waals surface area (Å²) in [5, 5.41) is 0. The molecule has 1 aliphatic carbocycles. The maximum Gasteiger partial charge on any atom is 0.182 e. The molecule has 2 nitrogen and oxygen atoms in total. The first-order valence-corrected chi connectivity index (χ1v) is 13.7. The van der Waals surface area contributed by atoms with Crippen LogP contribution in [0.4, 0.5) is 0 Å². The number of rotatable bonds is 1. The molecular formula is C19H28O2S4. The Morgan fingerprint density at radius 2 is 1.68 bits per heavy atom. The van der Waals surface area contributed by atoms with E-state index in [0.29, 0.717) is 4.08 Å². The van der Waals surface area contributed by atoms with Gasteiger partial charge in [0.25, 0.3) is 0 Å². The average Bonchev–Trinajstić information content (AvgIpc) is 2.96. The third kappa shape index (κ3) is 3.15. The highest BCUT2D eigenvalue weighted by Gasteiger charge is 2.60. The van der Waals surface area contributed by atoms with Gasteiger partial charge < -0.3 is 9.47 Å². The molecule has 0 aromatic carbocycles. The highest BCUT2D eigenvalue weighted by Crippen LogP contribution is 2.60. The van der Waals surface area contributed by atoms with Crippen molar-refractivity contribution in [3.05, 3.63) is 11.6 Å². The van der Waals surface area contributed by atoms with Crippen molar-refractivity contribution < 1.29 is 9.47 Å². The van der Waals surface area contributed by atoms with Crippen LogP contribution in [0.3, 0.4) is 0 Å². The lowest BCUT2D eigenvalue weighted by atomic mass is 9.83. The van der Waals surface area contributed by atoms with Crippen LogP contribution in [-0.2, 0) is 9.47 Å². The summed E-state index contributed by atoms with van der Waals surface area (Å²) >= 11 is 8.61. The normalized spacial score (nSPS) is 42.5. The molecule has 4 aliphatic heterocycles. The van der Waals surface area contributed by atoms with Gasteiger partial charge in [-0.05, 0) is 80.5 Å². The Morgan fingerprint density at radius 3 is 2.36 bits per heavy atom. The molecule has 0 saturated carbocycles. The van der Waals surface area contributed by atoms with E-state index in [1.54, 1.807) is 0 Å². The molecule has 0 aromatic rings. The van der Waals surface area contributed by atoms with E-state index in [1.807, 2.05) is 0 Å². The molecule has 5 rings (SSSR count). The molecule has 0 unspecified atom stereocenters. The van der Waals surface area contributed by atoms with Crippen LogP contribution in [0.15, 0.2) is 11.6 Å². The van der Waals surface area contributed by atoms with Crippen molar-refractivity contribution in [2.45, 2.75) is 78.0 Å². The highest BCUT2D eigenvalue weighted by molar-refractivity contribution is 8.19. The Hall–Kier alpha value is 1.06. The van der Waals surface area contributed by atoms with Crippen LogP contribution in [0, 0.1) is 0 Å². The lowest BCUT2D eigenvalue weighted by molar-refractivity contribution is -0.116. The van der Waals surface area contributed by atoms with Gasteiger partial charge in [-0.3, -0.25) is 0 Å². The summed E-state index contributed by atoms with van der Waals surface area (Å²) in [4.78, 5) is 0. The lowest BCUT2D eigenvalue weighted by Gasteiger charge is -2.44. The van der Waals surface area contributed by atoms with Crippen LogP contribution in [0.1, 0.15) is 51.9 Å².